The van der Waals surface area contributed by atoms with Gasteiger partial charge >= 0.3 is 0 Å². The van der Waals surface area contributed by atoms with Crippen LogP contribution < -0.4 is 11.1 Å². The number of carbonyl (C=O) groups excluding carboxylic acids is 1. The van der Waals surface area contributed by atoms with Crippen molar-refractivity contribution in [1.82, 2.24) is 5.32 Å². The number of nitrogens with two attached hydrogens (primary N) is 1. The maximum Gasteiger partial charge on any atom is 0.253 e. The van der Waals surface area contributed by atoms with Gasteiger partial charge in [0.2, 0.25) is 0 Å². The van der Waals surface area contributed by atoms with Crippen molar-refractivity contribution >= 4 is 46.1 Å². The van der Waals surface area contributed by atoms with Gasteiger partial charge in [-0.25, -0.2) is 0 Å². The van der Waals surface area contributed by atoms with Crippen LogP contribution >= 0.6 is 34.5 Å². The van der Waals surface area contributed by atoms with E-state index in [0.29, 0.717) is 17.8 Å². The van der Waals surface area contributed by atoms with Crippen molar-refractivity contribution < 1.29 is 4.79 Å². The molecule has 0 bridgehead atoms. The molecule has 2 rings (SSSR count). The first-order chi connectivity index (χ1) is 9.52. The van der Waals surface area contributed by atoms with Crippen molar-refractivity contribution in [3.63, 3.8) is 0 Å². The van der Waals surface area contributed by atoms with Crippen molar-refractivity contribution in [2.75, 3.05) is 5.73 Å². The molecule has 20 heavy (non-hydrogen) atoms. The monoisotopic (exact) mass is 328 g/mol. The zero-order chi connectivity index (χ0) is 14.7. The van der Waals surface area contributed by atoms with E-state index >= 15 is 0 Å². The van der Waals surface area contributed by atoms with Crippen molar-refractivity contribution in [3.8, 4) is 0 Å². The molecule has 1 amide bonds. The van der Waals surface area contributed by atoms with E-state index in [2.05, 4.69) is 18.3 Å². The highest BCUT2D eigenvalue weighted by Gasteiger charge is 2.14. The first-order valence-corrected chi connectivity index (χ1v) is 7.74. The van der Waals surface area contributed by atoms with Gasteiger partial charge in [-0.05, 0) is 35.6 Å². The lowest BCUT2D eigenvalue weighted by molar-refractivity contribution is 0.0951. The number of rotatable bonds is 4. The SMILES string of the molecule is CCc1ccsc1CNC(=O)c1cc(N)cc(Cl)c1Cl. The second kappa shape index (κ2) is 6.48. The molecule has 0 unspecified atom stereocenters. The van der Waals surface area contributed by atoms with E-state index in [1.54, 1.807) is 11.3 Å². The minimum absolute atomic E-state index is 0.222. The van der Waals surface area contributed by atoms with Gasteiger partial charge in [0.05, 0.1) is 22.2 Å². The van der Waals surface area contributed by atoms with Gasteiger partial charge in [-0.2, -0.15) is 0 Å². The van der Waals surface area contributed by atoms with E-state index in [1.807, 2.05) is 5.38 Å². The summed E-state index contributed by atoms with van der Waals surface area (Å²) in [5.74, 6) is -0.278. The molecular weight excluding hydrogens is 315 g/mol. The average molecular weight is 329 g/mol. The molecule has 0 radical (unpaired) electrons. The van der Waals surface area contributed by atoms with Crippen LogP contribution in [0.4, 0.5) is 5.69 Å². The van der Waals surface area contributed by atoms with E-state index in [4.69, 9.17) is 28.9 Å². The van der Waals surface area contributed by atoms with Crippen LogP contribution in [0.15, 0.2) is 23.6 Å². The lowest BCUT2D eigenvalue weighted by Gasteiger charge is -2.09. The number of hydrogen-bond donors (Lipinski definition) is 2. The molecule has 0 atom stereocenters. The molecule has 0 spiro atoms. The molecule has 0 aliphatic rings. The van der Waals surface area contributed by atoms with Crippen LogP contribution in [0.1, 0.15) is 27.7 Å². The Labute approximate surface area is 131 Å². The summed E-state index contributed by atoms with van der Waals surface area (Å²) in [6.45, 7) is 2.56. The van der Waals surface area contributed by atoms with Gasteiger partial charge in [0, 0.05) is 10.6 Å². The van der Waals surface area contributed by atoms with E-state index < -0.39 is 0 Å². The minimum atomic E-state index is -0.278. The third-order valence-corrected chi connectivity index (χ3v) is 4.69. The molecule has 3 nitrogen and oxygen atoms in total. The Morgan fingerprint density at radius 2 is 2.15 bits per heavy atom. The zero-order valence-electron chi connectivity index (χ0n) is 10.9. The Morgan fingerprint density at radius 1 is 1.40 bits per heavy atom. The smallest absolute Gasteiger partial charge is 0.253 e. The van der Waals surface area contributed by atoms with Crippen LogP contribution in [0.3, 0.4) is 0 Å². The standard InChI is InChI=1S/C14H14Cl2N2OS/c1-2-8-3-4-20-12(8)7-18-14(19)10-5-9(17)6-11(15)13(10)16/h3-6H,2,7,17H2,1H3,(H,18,19). The maximum atomic E-state index is 12.2. The van der Waals surface area contributed by atoms with Gasteiger partial charge in [0.1, 0.15) is 0 Å². The third-order valence-electron chi connectivity index (χ3n) is 2.92. The molecule has 6 heteroatoms. The highest BCUT2D eigenvalue weighted by Crippen LogP contribution is 2.28. The van der Waals surface area contributed by atoms with Crippen LogP contribution in [0.2, 0.25) is 10.0 Å². The van der Waals surface area contributed by atoms with Crippen LogP contribution in [0, 0.1) is 0 Å². The highest BCUT2D eigenvalue weighted by atomic mass is 35.5. The number of carbonyl (C=O) groups is 1. The largest absolute Gasteiger partial charge is 0.399 e. The molecule has 0 aliphatic heterocycles. The summed E-state index contributed by atoms with van der Waals surface area (Å²) in [4.78, 5) is 13.3. The Kier molecular flexibility index (Phi) is 4.91. The third kappa shape index (κ3) is 3.26. The summed E-state index contributed by atoms with van der Waals surface area (Å²) in [6, 6.07) is 5.12. The summed E-state index contributed by atoms with van der Waals surface area (Å²) >= 11 is 13.6. The van der Waals surface area contributed by atoms with Crippen LogP contribution in [-0.2, 0) is 13.0 Å². The van der Waals surface area contributed by atoms with Gasteiger partial charge in [-0.1, -0.05) is 30.1 Å². The Morgan fingerprint density at radius 3 is 2.85 bits per heavy atom. The van der Waals surface area contributed by atoms with Crippen molar-refractivity contribution in [3.05, 3.63) is 49.6 Å². The lowest BCUT2D eigenvalue weighted by Crippen LogP contribution is -2.23. The lowest BCUT2D eigenvalue weighted by atomic mass is 10.1. The maximum absolute atomic E-state index is 12.2. The molecule has 0 saturated carbocycles. The number of thiophene rings is 1. The number of aryl methyl sites for hydroxylation is 1. The predicted molar refractivity (Wildman–Crippen MR) is 85.7 cm³/mol. The van der Waals surface area contributed by atoms with Crippen LogP contribution in [-0.4, -0.2) is 5.91 Å². The van der Waals surface area contributed by atoms with Gasteiger partial charge in [-0.3, -0.25) is 4.79 Å². The average Bonchev–Trinajstić information content (AvgIpc) is 2.87. The van der Waals surface area contributed by atoms with Crippen LogP contribution in [0.25, 0.3) is 0 Å². The number of benzene rings is 1. The van der Waals surface area contributed by atoms with Gasteiger partial charge in [-0.15, -0.1) is 11.3 Å². The van der Waals surface area contributed by atoms with Crippen molar-refractivity contribution in [2.45, 2.75) is 19.9 Å². The summed E-state index contributed by atoms with van der Waals surface area (Å²) in [7, 11) is 0. The number of halogens is 2. The fourth-order valence-corrected chi connectivity index (χ4v) is 3.21. The van der Waals surface area contributed by atoms with Gasteiger partial charge in [0.25, 0.3) is 5.91 Å². The Bertz CT molecular complexity index is 640. The van der Waals surface area contributed by atoms with E-state index in [9.17, 15) is 4.79 Å². The van der Waals surface area contributed by atoms with Crippen LogP contribution in [0.5, 0.6) is 0 Å². The van der Waals surface area contributed by atoms with E-state index in [1.165, 1.54) is 17.7 Å². The van der Waals surface area contributed by atoms with Gasteiger partial charge < -0.3 is 11.1 Å². The van der Waals surface area contributed by atoms with Crippen molar-refractivity contribution in [2.24, 2.45) is 0 Å². The van der Waals surface area contributed by atoms with Gasteiger partial charge in [0.15, 0.2) is 0 Å². The van der Waals surface area contributed by atoms with Crippen molar-refractivity contribution in [1.29, 1.82) is 0 Å². The molecular formula is C14H14Cl2N2OS. The normalized spacial score (nSPS) is 10.6. The number of amides is 1. The van der Waals surface area contributed by atoms with E-state index in [-0.39, 0.29) is 16.0 Å². The number of nitrogen functional groups attached to an aromatic ring is 1. The first kappa shape index (κ1) is 15.2. The Hall–Kier alpha value is -1.23. The second-order valence-corrected chi connectivity index (χ2v) is 6.06. The molecule has 0 fully saturated rings. The fourth-order valence-electron chi connectivity index (χ4n) is 1.87. The zero-order valence-corrected chi connectivity index (χ0v) is 13.2. The number of nitrogens with one attached hydrogen (secondary N) is 1. The molecule has 106 valence electrons. The second-order valence-electron chi connectivity index (χ2n) is 4.27. The summed E-state index contributed by atoms with van der Waals surface area (Å²) in [6.07, 6.45) is 0.944. The topological polar surface area (TPSA) is 55.1 Å². The molecule has 3 N–H and O–H groups in total. The summed E-state index contributed by atoms with van der Waals surface area (Å²) in [5.41, 5.74) is 7.63. The molecule has 0 aliphatic carbocycles. The fraction of sp³-hybridized carbons (Fsp3) is 0.214. The summed E-state index contributed by atoms with van der Waals surface area (Å²) in [5, 5.41) is 5.36. The quantitative estimate of drug-likeness (QED) is 0.829. The molecule has 1 aromatic heterocycles. The number of anilines is 1. The Balaban J connectivity index is 2.13. The first-order valence-electron chi connectivity index (χ1n) is 6.11. The molecule has 2 aromatic rings. The highest BCUT2D eigenvalue weighted by molar-refractivity contribution is 7.10. The molecule has 1 heterocycles. The predicted octanol–water partition coefficient (Wildman–Crippen LogP) is 4.13. The minimum Gasteiger partial charge on any atom is -0.399 e. The molecule has 1 aromatic carbocycles. The summed E-state index contributed by atoms with van der Waals surface area (Å²) < 4.78 is 0. The van der Waals surface area contributed by atoms with E-state index in [0.717, 1.165) is 11.3 Å². The number of hydrogen-bond acceptors (Lipinski definition) is 3. The molecule has 0 saturated heterocycles.